The molecular formula is C16H22N2O. The van der Waals surface area contributed by atoms with Gasteiger partial charge < -0.3 is 5.11 Å². The number of aryl methyl sites for hydroxylation is 3. The zero-order valence-corrected chi connectivity index (χ0v) is 11.9. The molecule has 0 amide bonds. The van der Waals surface area contributed by atoms with Gasteiger partial charge in [0.05, 0.1) is 11.8 Å². The molecule has 2 aromatic rings. The molecule has 0 saturated carbocycles. The Balaban J connectivity index is 2.18. The Hall–Kier alpha value is -1.61. The topological polar surface area (TPSA) is 38.0 Å². The first-order valence-corrected chi connectivity index (χ1v) is 6.87. The van der Waals surface area contributed by atoms with Crippen LogP contribution in [0.4, 0.5) is 0 Å². The van der Waals surface area contributed by atoms with Gasteiger partial charge in [-0.15, -0.1) is 0 Å². The monoisotopic (exact) mass is 258 g/mol. The third-order valence-electron chi connectivity index (χ3n) is 3.44. The van der Waals surface area contributed by atoms with Crippen LogP contribution in [0.25, 0.3) is 0 Å². The normalized spacial score (nSPS) is 12.6. The average molecular weight is 258 g/mol. The molecule has 102 valence electrons. The van der Waals surface area contributed by atoms with Crippen LogP contribution in [0.5, 0.6) is 0 Å². The first-order valence-electron chi connectivity index (χ1n) is 6.87. The van der Waals surface area contributed by atoms with Gasteiger partial charge in [-0.05, 0) is 37.5 Å². The van der Waals surface area contributed by atoms with Gasteiger partial charge in [0.25, 0.3) is 0 Å². The third-order valence-corrected chi connectivity index (χ3v) is 3.44. The molecule has 2 rings (SSSR count). The van der Waals surface area contributed by atoms with Crippen molar-refractivity contribution in [1.29, 1.82) is 0 Å². The molecule has 0 bridgehead atoms. The zero-order valence-electron chi connectivity index (χ0n) is 11.9. The molecule has 1 atom stereocenters. The second-order valence-corrected chi connectivity index (χ2v) is 5.13. The number of benzene rings is 1. The van der Waals surface area contributed by atoms with Gasteiger partial charge in [-0.2, -0.15) is 5.10 Å². The van der Waals surface area contributed by atoms with Crippen LogP contribution in [-0.2, 0) is 13.0 Å². The zero-order chi connectivity index (χ0) is 13.8. The molecule has 0 aliphatic rings. The molecule has 0 fully saturated rings. The largest absolute Gasteiger partial charge is 0.386 e. The van der Waals surface area contributed by atoms with Crippen molar-refractivity contribution in [2.75, 3.05) is 0 Å². The van der Waals surface area contributed by atoms with Crippen molar-refractivity contribution in [3.8, 4) is 0 Å². The lowest BCUT2D eigenvalue weighted by Crippen LogP contribution is -2.11. The predicted octanol–water partition coefficient (Wildman–Crippen LogP) is 3.19. The second-order valence-electron chi connectivity index (χ2n) is 5.13. The van der Waals surface area contributed by atoms with Crippen LogP contribution >= 0.6 is 0 Å². The summed E-state index contributed by atoms with van der Waals surface area (Å²) in [6, 6.07) is 8.28. The van der Waals surface area contributed by atoms with Crippen LogP contribution in [0.15, 0.2) is 30.5 Å². The van der Waals surface area contributed by atoms with Gasteiger partial charge in [0.15, 0.2) is 0 Å². The minimum atomic E-state index is -0.491. The molecule has 0 aliphatic carbocycles. The van der Waals surface area contributed by atoms with Crippen LogP contribution in [0, 0.1) is 13.8 Å². The van der Waals surface area contributed by atoms with Crippen LogP contribution < -0.4 is 0 Å². The summed E-state index contributed by atoms with van der Waals surface area (Å²) >= 11 is 0. The fraction of sp³-hybridized carbons (Fsp3) is 0.438. The number of hydrogen-bond donors (Lipinski definition) is 1. The highest BCUT2D eigenvalue weighted by molar-refractivity contribution is 5.31. The van der Waals surface area contributed by atoms with E-state index >= 15 is 0 Å². The van der Waals surface area contributed by atoms with E-state index in [0.717, 1.165) is 18.7 Å². The van der Waals surface area contributed by atoms with Gasteiger partial charge in [0.2, 0.25) is 0 Å². The Morgan fingerprint density at radius 1 is 1.26 bits per heavy atom. The Morgan fingerprint density at radius 3 is 2.79 bits per heavy atom. The minimum absolute atomic E-state index is 0.491. The quantitative estimate of drug-likeness (QED) is 0.894. The Bertz CT molecular complexity index is 545. The predicted molar refractivity (Wildman–Crippen MR) is 77.1 cm³/mol. The van der Waals surface area contributed by atoms with Crippen molar-refractivity contribution < 1.29 is 5.11 Å². The molecule has 19 heavy (non-hydrogen) atoms. The van der Waals surface area contributed by atoms with Crippen LogP contribution in [0.3, 0.4) is 0 Å². The van der Waals surface area contributed by atoms with Crippen molar-refractivity contribution in [1.82, 2.24) is 9.78 Å². The summed E-state index contributed by atoms with van der Waals surface area (Å²) in [5.41, 5.74) is 4.57. The van der Waals surface area contributed by atoms with Crippen molar-refractivity contribution >= 4 is 0 Å². The summed E-state index contributed by atoms with van der Waals surface area (Å²) in [4.78, 5) is 0. The highest BCUT2D eigenvalue weighted by Crippen LogP contribution is 2.21. The van der Waals surface area contributed by atoms with Gasteiger partial charge in [-0.3, -0.25) is 4.68 Å². The number of aromatic nitrogens is 2. The first kappa shape index (κ1) is 13.8. The molecule has 1 N–H and O–H groups in total. The maximum Gasteiger partial charge on any atom is 0.0996 e. The molecule has 3 heteroatoms. The molecule has 1 aromatic carbocycles. The van der Waals surface area contributed by atoms with E-state index < -0.39 is 6.10 Å². The third kappa shape index (κ3) is 3.24. The summed E-state index contributed by atoms with van der Waals surface area (Å²) < 4.78 is 1.90. The minimum Gasteiger partial charge on any atom is -0.386 e. The lowest BCUT2D eigenvalue weighted by atomic mass is 9.99. The van der Waals surface area contributed by atoms with Crippen LogP contribution in [-0.4, -0.2) is 14.9 Å². The van der Waals surface area contributed by atoms with Crippen LogP contribution in [0.2, 0.25) is 0 Å². The summed E-state index contributed by atoms with van der Waals surface area (Å²) in [5.74, 6) is 0. The number of aliphatic hydroxyl groups is 1. The average Bonchev–Trinajstić information content (AvgIpc) is 2.82. The summed E-state index contributed by atoms with van der Waals surface area (Å²) in [5, 5.41) is 14.7. The van der Waals surface area contributed by atoms with E-state index in [9.17, 15) is 5.11 Å². The molecule has 0 aliphatic heterocycles. The van der Waals surface area contributed by atoms with Gasteiger partial charge >= 0.3 is 0 Å². The SMILES string of the molecule is CCCn1nccc1C(O)Cc1cc(C)ccc1C. The maximum atomic E-state index is 10.4. The standard InChI is InChI=1S/C16H22N2O/c1-4-9-18-15(7-8-17-18)16(19)11-14-10-12(2)5-6-13(14)3/h5-8,10,16,19H,4,9,11H2,1-3H3. The first-order chi connectivity index (χ1) is 9.11. The van der Waals surface area contributed by atoms with Crippen LogP contribution in [0.1, 0.15) is 41.8 Å². The molecule has 1 heterocycles. The van der Waals surface area contributed by atoms with Crippen molar-refractivity contribution in [3.63, 3.8) is 0 Å². The molecule has 0 saturated heterocycles. The van der Waals surface area contributed by atoms with Gasteiger partial charge in [0, 0.05) is 19.2 Å². The Morgan fingerprint density at radius 2 is 2.05 bits per heavy atom. The molecule has 0 radical (unpaired) electrons. The Labute approximate surface area is 114 Å². The number of hydrogen-bond acceptors (Lipinski definition) is 2. The van der Waals surface area contributed by atoms with E-state index in [1.165, 1.54) is 16.7 Å². The van der Waals surface area contributed by atoms with Gasteiger partial charge in [-0.1, -0.05) is 30.7 Å². The Kier molecular flexibility index (Phi) is 4.38. The molecule has 3 nitrogen and oxygen atoms in total. The maximum absolute atomic E-state index is 10.4. The highest BCUT2D eigenvalue weighted by atomic mass is 16.3. The van der Waals surface area contributed by atoms with E-state index in [1.54, 1.807) is 6.20 Å². The molecular weight excluding hydrogens is 236 g/mol. The van der Waals surface area contributed by atoms with E-state index in [0.29, 0.717) is 6.42 Å². The number of nitrogens with zero attached hydrogens (tertiary/aromatic N) is 2. The molecule has 0 spiro atoms. The number of rotatable bonds is 5. The fourth-order valence-corrected chi connectivity index (χ4v) is 2.36. The summed E-state index contributed by atoms with van der Waals surface area (Å²) in [6.07, 6.45) is 2.93. The summed E-state index contributed by atoms with van der Waals surface area (Å²) in [6.45, 7) is 7.14. The summed E-state index contributed by atoms with van der Waals surface area (Å²) in [7, 11) is 0. The lowest BCUT2D eigenvalue weighted by Gasteiger charge is -2.15. The fourth-order valence-electron chi connectivity index (χ4n) is 2.36. The van der Waals surface area contributed by atoms with Crippen molar-refractivity contribution in [2.24, 2.45) is 0 Å². The van der Waals surface area contributed by atoms with E-state index in [1.807, 2.05) is 10.7 Å². The van der Waals surface area contributed by atoms with E-state index in [2.05, 4.69) is 44.1 Å². The smallest absolute Gasteiger partial charge is 0.0996 e. The van der Waals surface area contributed by atoms with E-state index in [4.69, 9.17) is 0 Å². The van der Waals surface area contributed by atoms with Crippen molar-refractivity contribution in [3.05, 3.63) is 52.8 Å². The lowest BCUT2D eigenvalue weighted by molar-refractivity contribution is 0.166. The van der Waals surface area contributed by atoms with Crippen molar-refractivity contribution in [2.45, 2.75) is 46.3 Å². The van der Waals surface area contributed by atoms with Gasteiger partial charge in [-0.25, -0.2) is 0 Å². The molecule has 1 aromatic heterocycles. The van der Waals surface area contributed by atoms with Gasteiger partial charge in [0.1, 0.15) is 0 Å². The number of aliphatic hydroxyl groups excluding tert-OH is 1. The second kappa shape index (κ2) is 6.02. The highest BCUT2D eigenvalue weighted by Gasteiger charge is 2.14. The molecule has 1 unspecified atom stereocenters. The van der Waals surface area contributed by atoms with E-state index in [-0.39, 0.29) is 0 Å².